The zero-order valence-corrected chi connectivity index (χ0v) is 7.11. The highest BCUT2D eigenvalue weighted by atomic mass is 32.2. The van der Waals surface area contributed by atoms with Crippen LogP contribution >= 0.6 is 0 Å². The Labute approximate surface area is 72.8 Å². The zero-order valence-electron chi connectivity index (χ0n) is 6.30. The van der Waals surface area contributed by atoms with E-state index in [2.05, 4.69) is 5.14 Å². The molecule has 0 unspecified atom stereocenters. The largest absolute Gasteiger partial charge is 0.271 e. The van der Waals surface area contributed by atoms with Crippen molar-refractivity contribution in [1.82, 2.24) is 0 Å². The maximum absolute atomic E-state index is 12.7. The lowest BCUT2D eigenvalue weighted by atomic mass is 10.1. The van der Waals surface area contributed by atoms with Crippen LogP contribution < -0.4 is 5.14 Å². The average Bonchev–Trinajstić information content (AvgIpc) is 1.92. The van der Waals surface area contributed by atoms with Gasteiger partial charge in [-0.3, -0.25) is 0 Å². The van der Waals surface area contributed by atoms with Gasteiger partial charge >= 0.3 is 0 Å². The van der Waals surface area contributed by atoms with Gasteiger partial charge in [0.05, 0.1) is 6.42 Å². The van der Waals surface area contributed by atoms with Gasteiger partial charge in [-0.2, -0.15) is 0 Å². The quantitative estimate of drug-likeness (QED) is 0.707. The fraction of sp³-hybridized carbons (Fsp3) is 0.333. The summed E-state index contributed by atoms with van der Waals surface area (Å²) in [6, 6.07) is 0. The van der Waals surface area contributed by atoms with Gasteiger partial charge in [-0.05, 0) is 12.2 Å². The zero-order chi connectivity index (χ0) is 10.3. The van der Waals surface area contributed by atoms with E-state index in [0.29, 0.717) is 12.2 Å². The number of rotatable bonds is 1. The van der Waals surface area contributed by atoms with Crippen LogP contribution in [-0.2, 0) is 10.0 Å². The standard InChI is InChI=1S/C6H6F3NO2S/c7-4-1-2-6(8,9)3-5(4)13(10,11)12/h1-2H,3H2,(H2,10,11,12). The van der Waals surface area contributed by atoms with Crippen LogP contribution in [0.1, 0.15) is 6.42 Å². The molecule has 0 aliphatic heterocycles. The smallest absolute Gasteiger partial charge is 0.225 e. The van der Waals surface area contributed by atoms with Crippen molar-refractivity contribution in [2.75, 3.05) is 0 Å². The van der Waals surface area contributed by atoms with E-state index in [1.165, 1.54) is 0 Å². The number of hydrogen-bond donors (Lipinski definition) is 1. The molecule has 0 aromatic rings. The predicted octanol–water partition coefficient (Wildman–Crippen LogP) is 1.05. The van der Waals surface area contributed by atoms with E-state index in [9.17, 15) is 21.6 Å². The topological polar surface area (TPSA) is 60.2 Å². The van der Waals surface area contributed by atoms with Gasteiger partial charge in [0.15, 0.2) is 0 Å². The van der Waals surface area contributed by atoms with Crippen molar-refractivity contribution in [3.8, 4) is 0 Å². The van der Waals surface area contributed by atoms with Crippen molar-refractivity contribution in [1.29, 1.82) is 0 Å². The first kappa shape index (κ1) is 10.3. The molecule has 0 fully saturated rings. The Hall–Kier alpha value is -0.820. The van der Waals surface area contributed by atoms with Gasteiger partial charge in [0.25, 0.3) is 5.92 Å². The van der Waals surface area contributed by atoms with E-state index in [0.717, 1.165) is 0 Å². The molecule has 0 saturated heterocycles. The van der Waals surface area contributed by atoms with Crippen LogP contribution in [0.5, 0.6) is 0 Å². The minimum absolute atomic E-state index is 0.303. The Kier molecular flexibility index (Phi) is 2.25. The first-order valence-electron chi connectivity index (χ1n) is 3.21. The molecule has 0 atom stereocenters. The third-order valence-corrected chi connectivity index (χ3v) is 2.51. The molecule has 0 bridgehead atoms. The summed E-state index contributed by atoms with van der Waals surface area (Å²) in [6.07, 6.45) is -0.506. The molecule has 0 aromatic heterocycles. The minimum atomic E-state index is -4.37. The molecule has 0 amide bonds. The van der Waals surface area contributed by atoms with Crippen LogP contribution in [0.3, 0.4) is 0 Å². The van der Waals surface area contributed by atoms with E-state index >= 15 is 0 Å². The van der Waals surface area contributed by atoms with Gasteiger partial charge in [0.2, 0.25) is 10.0 Å². The van der Waals surface area contributed by atoms with Crippen LogP contribution in [0.25, 0.3) is 0 Å². The van der Waals surface area contributed by atoms with Gasteiger partial charge in [-0.15, -0.1) is 0 Å². The van der Waals surface area contributed by atoms with E-state index in [-0.39, 0.29) is 0 Å². The molecule has 1 aliphatic carbocycles. The summed E-state index contributed by atoms with van der Waals surface area (Å²) in [5.74, 6) is -4.58. The molecule has 0 saturated carbocycles. The van der Waals surface area contributed by atoms with Crippen molar-refractivity contribution >= 4 is 10.0 Å². The number of sulfonamides is 1. The molecule has 0 radical (unpaired) electrons. The van der Waals surface area contributed by atoms with E-state index in [4.69, 9.17) is 0 Å². The molecule has 0 heterocycles. The third-order valence-electron chi connectivity index (χ3n) is 1.48. The first-order valence-corrected chi connectivity index (χ1v) is 4.75. The summed E-state index contributed by atoms with van der Waals surface area (Å²) in [5.41, 5.74) is 0. The normalized spacial score (nSPS) is 22.2. The maximum atomic E-state index is 12.7. The molecule has 3 nitrogen and oxygen atoms in total. The van der Waals surface area contributed by atoms with Crippen molar-refractivity contribution in [2.24, 2.45) is 5.14 Å². The lowest BCUT2D eigenvalue weighted by Gasteiger charge is -2.17. The van der Waals surface area contributed by atoms with Gasteiger partial charge in [-0.25, -0.2) is 26.7 Å². The van der Waals surface area contributed by atoms with Crippen LogP contribution in [-0.4, -0.2) is 14.3 Å². The molecular weight excluding hydrogens is 207 g/mol. The highest BCUT2D eigenvalue weighted by Gasteiger charge is 2.35. The molecule has 13 heavy (non-hydrogen) atoms. The summed E-state index contributed by atoms with van der Waals surface area (Å²) < 4.78 is 59.0. The fourth-order valence-corrected chi connectivity index (χ4v) is 1.62. The molecular formula is C6H6F3NO2S. The minimum Gasteiger partial charge on any atom is -0.225 e. The molecule has 0 spiro atoms. The van der Waals surface area contributed by atoms with Crippen LogP contribution in [0.4, 0.5) is 13.2 Å². The maximum Gasteiger partial charge on any atom is 0.271 e. The van der Waals surface area contributed by atoms with E-state index in [1.54, 1.807) is 0 Å². The third kappa shape index (κ3) is 2.31. The number of alkyl halides is 2. The summed E-state index contributed by atoms with van der Waals surface area (Å²) >= 11 is 0. The highest BCUT2D eigenvalue weighted by Crippen LogP contribution is 2.33. The SMILES string of the molecule is NS(=O)(=O)C1=C(F)C=CC(F)(F)C1. The number of halogens is 3. The molecule has 1 aliphatic rings. The van der Waals surface area contributed by atoms with E-state index in [1.807, 2.05) is 0 Å². The Bertz CT molecular complexity index is 383. The second-order valence-electron chi connectivity index (χ2n) is 2.59. The second kappa shape index (κ2) is 2.85. The summed E-state index contributed by atoms with van der Waals surface area (Å²) in [4.78, 5) is -1.06. The van der Waals surface area contributed by atoms with Crippen LogP contribution in [0, 0.1) is 0 Å². The lowest BCUT2D eigenvalue weighted by Crippen LogP contribution is -2.25. The summed E-state index contributed by atoms with van der Waals surface area (Å²) in [7, 11) is -4.37. The monoisotopic (exact) mass is 213 g/mol. The van der Waals surface area contributed by atoms with Crippen LogP contribution in [0.2, 0.25) is 0 Å². The highest BCUT2D eigenvalue weighted by molar-refractivity contribution is 7.93. The number of allylic oxidation sites excluding steroid dienone is 4. The number of nitrogens with two attached hydrogens (primary N) is 1. The second-order valence-corrected chi connectivity index (χ2v) is 4.17. The predicted molar refractivity (Wildman–Crippen MR) is 39.9 cm³/mol. The molecule has 0 aromatic carbocycles. The Morgan fingerprint density at radius 3 is 2.38 bits per heavy atom. The van der Waals surface area contributed by atoms with Crippen molar-refractivity contribution in [3.05, 3.63) is 22.9 Å². The Morgan fingerprint density at radius 1 is 1.46 bits per heavy atom. The fourth-order valence-electron chi connectivity index (χ4n) is 0.882. The first-order chi connectivity index (χ1) is 5.72. The van der Waals surface area contributed by atoms with Crippen molar-refractivity contribution < 1.29 is 21.6 Å². The summed E-state index contributed by atoms with van der Waals surface area (Å²) in [5, 5.41) is 4.53. The van der Waals surface area contributed by atoms with Gasteiger partial charge in [-0.1, -0.05) is 0 Å². The average molecular weight is 213 g/mol. The van der Waals surface area contributed by atoms with Gasteiger partial charge in [0, 0.05) is 0 Å². The molecule has 74 valence electrons. The Morgan fingerprint density at radius 2 is 2.00 bits per heavy atom. The Balaban J connectivity index is 3.18. The van der Waals surface area contributed by atoms with Gasteiger partial charge in [0.1, 0.15) is 10.7 Å². The molecule has 7 heteroatoms. The van der Waals surface area contributed by atoms with E-state index < -0.39 is 33.1 Å². The number of hydrogen-bond acceptors (Lipinski definition) is 2. The van der Waals surface area contributed by atoms with Crippen molar-refractivity contribution in [2.45, 2.75) is 12.3 Å². The summed E-state index contributed by atoms with van der Waals surface area (Å²) in [6.45, 7) is 0. The number of primary sulfonamides is 1. The lowest BCUT2D eigenvalue weighted by molar-refractivity contribution is 0.0549. The van der Waals surface area contributed by atoms with Crippen molar-refractivity contribution in [3.63, 3.8) is 0 Å². The van der Waals surface area contributed by atoms with Crippen LogP contribution in [0.15, 0.2) is 22.9 Å². The molecule has 1 rings (SSSR count). The van der Waals surface area contributed by atoms with Gasteiger partial charge < -0.3 is 0 Å². The molecule has 2 N–H and O–H groups in total.